The van der Waals surface area contributed by atoms with Crippen molar-refractivity contribution in [1.29, 1.82) is 0 Å². The molecule has 1 saturated heterocycles. The molecule has 3 aromatic rings. The molecular weight excluding hydrogens is 423 g/mol. The number of halogens is 1. The zero-order valence-electron chi connectivity index (χ0n) is 16.6. The van der Waals surface area contributed by atoms with Crippen molar-refractivity contribution in [3.63, 3.8) is 0 Å². The summed E-state index contributed by atoms with van der Waals surface area (Å²) in [5, 5.41) is 7.14. The highest BCUT2D eigenvalue weighted by molar-refractivity contribution is 7.89. The molecule has 0 unspecified atom stereocenters. The molecule has 1 aromatic heterocycles. The lowest BCUT2D eigenvalue weighted by Crippen LogP contribution is -2.51. The van der Waals surface area contributed by atoms with E-state index in [1.54, 1.807) is 15.9 Å². The van der Waals surface area contributed by atoms with E-state index in [0.717, 1.165) is 17.4 Å². The van der Waals surface area contributed by atoms with Gasteiger partial charge in [0.1, 0.15) is 18.5 Å². The SMILES string of the molecule is O=C(CNc1ccc(-n2cncn2)cc1)N1CCN(S(=O)(=O)c2cccc(F)c2)CC1. The molecule has 2 aromatic carbocycles. The summed E-state index contributed by atoms with van der Waals surface area (Å²) in [6, 6.07) is 12.3. The van der Waals surface area contributed by atoms with Crippen LogP contribution < -0.4 is 5.32 Å². The van der Waals surface area contributed by atoms with E-state index in [1.165, 1.54) is 28.8 Å². The van der Waals surface area contributed by atoms with Crippen molar-refractivity contribution in [3.05, 3.63) is 67.0 Å². The topological polar surface area (TPSA) is 100 Å². The summed E-state index contributed by atoms with van der Waals surface area (Å²) in [5.41, 5.74) is 1.63. The number of carbonyl (C=O) groups excluding carboxylic acids is 1. The lowest BCUT2D eigenvalue weighted by atomic mass is 10.2. The first-order valence-corrected chi connectivity index (χ1v) is 11.1. The van der Waals surface area contributed by atoms with Gasteiger partial charge in [0, 0.05) is 31.9 Å². The molecule has 0 aliphatic carbocycles. The Balaban J connectivity index is 1.29. The van der Waals surface area contributed by atoms with Crippen LogP contribution in [0.2, 0.25) is 0 Å². The summed E-state index contributed by atoms with van der Waals surface area (Å²) >= 11 is 0. The van der Waals surface area contributed by atoms with Gasteiger partial charge < -0.3 is 10.2 Å². The third-order valence-corrected chi connectivity index (χ3v) is 6.91. The molecule has 4 rings (SSSR count). The average Bonchev–Trinajstić information content (AvgIpc) is 3.33. The van der Waals surface area contributed by atoms with Crippen LogP contribution in [0.15, 0.2) is 66.1 Å². The molecule has 1 aliphatic heterocycles. The highest BCUT2D eigenvalue weighted by Gasteiger charge is 2.30. The van der Waals surface area contributed by atoms with E-state index in [2.05, 4.69) is 15.4 Å². The van der Waals surface area contributed by atoms with Crippen molar-refractivity contribution >= 4 is 21.6 Å². The molecule has 0 radical (unpaired) electrons. The predicted molar refractivity (Wildman–Crippen MR) is 112 cm³/mol. The molecule has 2 heterocycles. The largest absolute Gasteiger partial charge is 0.376 e. The van der Waals surface area contributed by atoms with Crippen LogP contribution in [0, 0.1) is 5.82 Å². The second-order valence-electron chi connectivity index (χ2n) is 6.98. The quantitative estimate of drug-likeness (QED) is 0.616. The second kappa shape index (κ2) is 8.82. The summed E-state index contributed by atoms with van der Waals surface area (Å²) in [7, 11) is -3.78. The third-order valence-electron chi connectivity index (χ3n) is 5.02. The van der Waals surface area contributed by atoms with E-state index in [1.807, 2.05) is 24.3 Å². The van der Waals surface area contributed by atoms with Gasteiger partial charge in [0.15, 0.2) is 0 Å². The standard InChI is InChI=1S/C20H21FN6O3S/c21-16-2-1-3-19(12-16)31(29,30)26-10-8-25(9-11-26)20(28)13-23-17-4-6-18(7-5-17)27-15-22-14-24-27/h1-7,12,14-15,23H,8-11,13H2. The summed E-state index contributed by atoms with van der Waals surface area (Å²) in [4.78, 5) is 18.0. The maximum absolute atomic E-state index is 13.4. The molecule has 1 N–H and O–H groups in total. The number of rotatable bonds is 6. The van der Waals surface area contributed by atoms with E-state index in [9.17, 15) is 17.6 Å². The number of benzene rings is 2. The summed E-state index contributed by atoms with van der Waals surface area (Å²) in [6.07, 6.45) is 3.05. The molecule has 0 spiro atoms. The van der Waals surface area contributed by atoms with Crippen LogP contribution in [-0.2, 0) is 14.8 Å². The van der Waals surface area contributed by atoms with Gasteiger partial charge in [-0.1, -0.05) is 6.07 Å². The van der Waals surface area contributed by atoms with Gasteiger partial charge in [0.25, 0.3) is 0 Å². The van der Waals surface area contributed by atoms with Crippen LogP contribution in [0.4, 0.5) is 10.1 Å². The van der Waals surface area contributed by atoms with Crippen molar-refractivity contribution in [3.8, 4) is 5.69 Å². The number of amides is 1. The smallest absolute Gasteiger partial charge is 0.243 e. The van der Waals surface area contributed by atoms with Gasteiger partial charge in [-0.25, -0.2) is 22.5 Å². The minimum absolute atomic E-state index is 0.0803. The normalized spacial score (nSPS) is 15.1. The van der Waals surface area contributed by atoms with E-state index in [-0.39, 0.29) is 43.5 Å². The minimum atomic E-state index is -3.78. The number of carbonyl (C=O) groups is 1. The molecule has 0 bridgehead atoms. The highest BCUT2D eigenvalue weighted by atomic mass is 32.2. The number of hydrogen-bond acceptors (Lipinski definition) is 6. The fourth-order valence-corrected chi connectivity index (χ4v) is 4.77. The van der Waals surface area contributed by atoms with Crippen LogP contribution in [0.3, 0.4) is 0 Å². The number of aromatic nitrogens is 3. The summed E-state index contributed by atoms with van der Waals surface area (Å²) in [6.45, 7) is 0.980. The van der Waals surface area contributed by atoms with Crippen LogP contribution >= 0.6 is 0 Å². The molecule has 0 atom stereocenters. The monoisotopic (exact) mass is 444 g/mol. The molecule has 1 aliphatic rings. The first kappa shape index (κ1) is 20.9. The van der Waals surface area contributed by atoms with E-state index < -0.39 is 15.8 Å². The first-order valence-electron chi connectivity index (χ1n) is 9.66. The lowest BCUT2D eigenvalue weighted by molar-refractivity contribution is -0.130. The Kier molecular flexibility index (Phi) is 5.96. The fraction of sp³-hybridized carbons (Fsp3) is 0.250. The van der Waals surface area contributed by atoms with Gasteiger partial charge in [0.2, 0.25) is 15.9 Å². The zero-order chi connectivity index (χ0) is 21.8. The van der Waals surface area contributed by atoms with Crippen molar-refractivity contribution in [1.82, 2.24) is 24.0 Å². The molecule has 11 heteroatoms. The second-order valence-corrected chi connectivity index (χ2v) is 8.92. The number of nitrogens with one attached hydrogen (secondary N) is 1. The Morgan fingerprint density at radius 1 is 1.06 bits per heavy atom. The van der Waals surface area contributed by atoms with Gasteiger partial charge in [0.05, 0.1) is 17.1 Å². The van der Waals surface area contributed by atoms with Crippen molar-refractivity contribution in [2.24, 2.45) is 0 Å². The average molecular weight is 444 g/mol. The number of anilines is 1. The van der Waals surface area contributed by atoms with Gasteiger partial charge in [-0.2, -0.15) is 9.40 Å². The van der Waals surface area contributed by atoms with E-state index >= 15 is 0 Å². The van der Waals surface area contributed by atoms with Crippen LogP contribution in [0.25, 0.3) is 5.69 Å². The van der Waals surface area contributed by atoms with Gasteiger partial charge in [-0.3, -0.25) is 4.79 Å². The Morgan fingerprint density at radius 3 is 2.45 bits per heavy atom. The first-order chi connectivity index (χ1) is 14.9. The molecular formula is C20H21FN6O3S. The van der Waals surface area contributed by atoms with Crippen molar-refractivity contribution in [2.75, 3.05) is 38.0 Å². The van der Waals surface area contributed by atoms with E-state index in [4.69, 9.17) is 0 Å². The Labute approximate surface area is 179 Å². The lowest BCUT2D eigenvalue weighted by Gasteiger charge is -2.34. The van der Waals surface area contributed by atoms with Gasteiger partial charge in [-0.05, 0) is 42.5 Å². The molecule has 31 heavy (non-hydrogen) atoms. The maximum atomic E-state index is 13.4. The van der Waals surface area contributed by atoms with Crippen molar-refractivity contribution < 1.29 is 17.6 Å². The zero-order valence-corrected chi connectivity index (χ0v) is 17.4. The Morgan fingerprint density at radius 2 is 1.81 bits per heavy atom. The molecule has 9 nitrogen and oxygen atoms in total. The molecule has 162 valence electrons. The fourth-order valence-electron chi connectivity index (χ4n) is 3.32. The number of hydrogen-bond donors (Lipinski definition) is 1. The summed E-state index contributed by atoms with van der Waals surface area (Å²) < 4.78 is 41.7. The minimum Gasteiger partial charge on any atom is -0.376 e. The third kappa shape index (κ3) is 4.72. The summed E-state index contributed by atoms with van der Waals surface area (Å²) in [5.74, 6) is -0.724. The predicted octanol–water partition coefficient (Wildman–Crippen LogP) is 1.35. The van der Waals surface area contributed by atoms with Crippen molar-refractivity contribution in [2.45, 2.75) is 4.90 Å². The molecule has 1 amide bonds. The van der Waals surface area contributed by atoms with Crippen LogP contribution in [0.1, 0.15) is 0 Å². The van der Waals surface area contributed by atoms with Gasteiger partial charge in [-0.15, -0.1) is 0 Å². The highest BCUT2D eigenvalue weighted by Crippen LogP contribution is 2.19. The van der Waals surface area contributed by atoms with Gasteiger partial charge >= 0.3 is 0 Å². The number of piperazine rings is 1. The Bertz CT molecular complexity index is 1140. The van der Waals surface area contributed by atoms with Crippen LogP contribution in [-0.4, -0.2) is 71.0 Å². The van der Waals surface area contributed by atoms with Crippen LogP contribution in [0.5, 0.6) is 0 Å². The van der Waals surface area contributed by atoms with E-state index in [0.29, 0.717) is 0 Å². The molecule has 0 saturated carbocycles. The maximum Gasteiger partial charge on any atom is 0.243 e. The number of sulfonamides is 1. The number of nitrogens with zero attached hydrogens (tertiary/aromatic N) is 5. The molecule has 1 fully saturated rings. The Hall–Kier alpha value is -3.31.